The smallest absolute Gasteiger partial charge is 0.243 e. The molecule has 40 heavy (non-hydrogen) atoms. The van der Waals surface area contributed by atoms with Crippen molar-refractivity contribution in [3.8, 4) is 0 Å². The van der Waals surface area contributed by atoms with Gasteiger partial charge in [0.15, 0.2) is 0 Å². The van der Waals surface area contributed by atoms with Gasteiger partial charge in [0, 0.05) is 37.7 Å². The molecule has 2 aliphatic rings. The van der Waals surface area contributed by atoms with Gasteiger partial charge >= 0.3 is 0 Å². The van der Waals surface area contributed by atoms with E-state index in [9.17, 15) is 22.8 Å². The molecule has 2 fully saturated rings. The Morgan fingerprint density at radius 3 is 2.42 bits per heavy atom. The number of nitrogens with zero attached hydrogens (tertiary/aromatic N) is 2. The molecule has 4 rings (SSSR count). The molecule has 2 heterocycles. The number of nitrogens with one attached hydrogen (secondary N) is 2. The molecule has 2 aromatic carbocycles. The largest absolute Gasteiger partial charge is 0.378 e. The first kappa shape index (κ1) is 29.9. The summed E-state index contributed by atoms with van der Waals surface area (Å²) in [6.45, 7) is 2.18. The summed E-state index contributed by atoms with van der Waals surface area (Å²) in [4.78, 5) is 42.5. The molecule has 2 saturated heterocycles. The first-order valence-corrected chi connectivity index (χ1v) is 15.1. The Labute approximate surface area is 239 Å². The van der Waals surface area contributed by atoms with Gasteiger partial charge in [-0.25, -0.2) is 13.1 Å². The van der Waals surface area contributed by atoms with Gasteiger partial charge < -0.3 is 25.6 Å². The third kappa shape index (κ3) is 7.79. The second-order valence-electron chi connectivity index (χ2n) is 9.78. The zero-order chi connectivity index (χ0) is 28.7. The molecule has 2 atom stereocenters. The number of likely N-dealkylation sites (tertiary alicyclic amines) is 1. The summed E-state index contributed by atoms with van der Waals surface area (Å²) in [5.41, 5.74) is 7.93. The SMILES string of the molecule is NCc1ccc(Cl)cc1CNC(=O)[C@@H]1CCN1C(=O)C(CC(=O)N1CCOCC1)NS(=O)(=O)Cc1ccccc1. The Morgan fingerprint density at radius 1 is 1.05 bits per heavy atom. The van der Waals surface area contributed by atoms with Gasteiger partial charge in [0.05, 0.1) is 25.4 Å². The van der Waals surface area contributed by atoms with Crippen LogP contribution in [0.4, 0.5) is 0 Å². The van der Waals surface area contributed by atoms with Gasteiger partial charge in [-0.2, -0.15) is 0 Å². The summed E-state index contributed by atoms with van der Waals surface area (Å²) >= 11 is 6.09. The number of hydrogen-bond donors (Lipinski definition) is 3. The Morgan fingerprint density at radius 2 is 1.77 bits per heavy atom. The highest BCUT2D eigenvalue weighted by Crippen LogP contribution is 2.22. The molecule has 3 amide bonds. The molecule has 2 aliphatic heterocycles. The standard InChI is InChI=1S/C27H34ClN5O6S/c28-22-7-6-20(16-29)21(14-22)17-30-26(35)24-8-9-33(24)27(36)23(15-25(34)32-10-12-39-13-11-32)31-40(37,38)18-19-4-2-1-3-5-19/h1-7,14,23-24,31H,8-13,15-18,29H2,(H,30,35)/t23?,24-/m0/s1. The van der Waals surface area contributed by atoms with Gasteiger partial charge in [-0.3, -0.25) is 14.4 Å². The van der Waals surface area contributed by atoms with Crippen molar-refractivity contribution in [3.63, 3.8) is 0 Å². The number of halogens is 1. The van der Waals surface area contributed by atoms with Crippen molar-refractivity contribution in [1.82, 2.24) is 19.8 Å². The minimum atomic E-state index is -3.99. The van der Waals surface area contributed by atoms with Crippen LogP contribution in [0, 0.1) is 0 Å². The Bertz CT molecular complexity index is 1320. The summed E-state index contributed by atoms with van der Waals surface area (Å²) in [6.07, 6.45) is 0.0534. The van der Waals surface area contributed by atoms with E-state index < -0.39 is 28.0 Å². The number of hydrogen-bond acceptors (Lipinski definition) is 7. The molecule has 0 saturated carbocycles. The molecule has 1 unspecified atom stereocenters. The van der Waals surface area contributed by atoms with E-state index in [0.29, 0.717) is 43.3 Å². The fourth-order valence-electron chi connectivity index (χ4n) is 4.73. The van der Waals surface area contributed by atoms with Gasteiger partial charge in [0.1, 0.15) is 12.1 Å². The maximum Gasteiger partial charge on any atom is 0.243 e. The zero-order valence-corrected chi connectivity index (χ0v) is 23.6. The summed E-state index contributed by atoms with van der Waals surface area (Å²) in [5.74, 6) is -1.71. The van der Waals surface area contributed by atoms with Crippen molar-refractivity contribution >= 4 is 39.3 Å². The lowest BCUT2D eigenvalue weighted by Crippen LogP contribution is -2.63. The number of carbonyl (C=O) groups is 3. The van der Waals surface area contributed by atoms with Gasteiger partial charge in [0.2, 0.25) is 27.7 Å². The molecular weight excluding hydrogens is 558 g/mol. The van der Waals surface area contributed by atoms with Crippen LogP contribution in [-0.4, -0.2) is 80.9 Å². The van der Waals surface area contributed by atoms with Gasteiger partial charge in [-0.1, -0.05) is 48.0 Å². The van der Waals surface area contributed by atoms with Crippen LogP contribution in [0.5, 0.6) is 0 Å². The maximum atomic E-state index is 13.6. The van der Waals surface area contributed by atoms with Crippen molar-refractivity contribution in [2.75, 3.05) is 32.8 Å². The molecular formula is C27H34ClN5O6S. The highest BCUT2D eigenvalue weighted by Gasteiger charge is 2.42. The molecule has 4 N–H and O–H groups in total. The van der Waals surface area contributed by atoms with Gasteiger partial charge in [0.25, 0.3) is 0 Å². The molecule has 0 spiro atoms. The summed E-state index contributed by atoms with van der Waals surface area (Å²) < 4.78 is 33.8. The first-order valence-electron chi connectivity index (χ1n) is 13.1. The van der Waals surface area contributed by atoms with Crippen LogP contribution in [0.1, 0.15) is 29.5 Å². The van der Waals surface area contributed by atoms with Crippen LogP contribution >= 0.6 is 11.6 Å². The number of carbonyl (C=O) groups excluding carboxylic acids is 3. The Hall–Kier alpha value is -3.03. The fraction of sp³-hybridized carbons (Fsp3) is 0.444. The van der Waals surface area contributed by atoms with Gasteiger partial charge in [-0.15, -0.1) is 0 Å². The van der Waals surface area contributed by atoms with Crippen molar-refractivity contribution in [2.45, 2.75) is 43.8 Å². The average Bonchev–Trinajstić information content (AvgIpc) is 2.91. The third-order valence-corrected chi connectivity index (χ3v) is 8.60. The molecule has 11 nitrogen and oxygen atoms in total. The van der Waals surface area contributed by atoms with Crippen LogP contribution < -0.4 is 15.8 Å². The van der Waals surface area contributed by atoms with Crippen molar-refractivity contribution in [1.29, 1.82) is 0 Å². The number of amides is 3. The van der Waals surface area contributed by atoms with E-state index in [1.165, 1.54) is 4.90 Å². The van der Waals surface area contributed by atoms with Crippen LogP contribution in [0.15, 0.2) is 48.5 Å². The monoisotopic (exact) mass is 591 g/mol. The van der Waals surface area contributed by atoms with Crippen LogP contribution in [0.2, 0.25) is 5.02 Å². The molecule has 13 heteroatoms. The summed E-state index contributed by atoms with van der Waals surface area (Å²) in [5, 5.41) is 3.34. The third-order valence-electron chi connectivity index (χ3n) is 7.01. The lowest BCUT2D eigenvalue weighted by atomic mass is 9.99. The average molecular weight is 592 g/mol. The molecule has 0 aliphatic carbocycles. The van der Waals surface area contributed by atoms with E-state index in [1.54, 1.807) is 53.4 Å². The number of sulfonamides is 1. The normalized spacial score (nSPS) is 18.1. The lowest BCUT2D eigenvalue weighted by molar-refractivity contribution is -0.150. The zero-order valence-electron chi connectivity index (χ0n) is 22.1. The van der Waals surface area contributed by atoms with Crippen molar-refractivity contribution < 1.29 is 27.5 Å². The highest BCUT2D eigenvalue weighted by molar-refractivity contribution is 7.88. The quantitative estimate of drug-likeness (QED) is 0.349. The second-order valence-corrected chi connectivity index (χ2v) is 12.0. The van der Waals surface area contributed by atoms with Crippen LogP contribution in [0.3, 0.4) is 0 Å². The number of morpholine rings is 1. The highest BCUT2D eigenvalue weighted by atomic mass is 35.5. The summed E-state index contributed by atoms with van der Waals surface area (Å²) in [6, 6.07) is 11.7. The van der Waals surface area contributed by atoms with E-state index in [0.717, 1.165) is 11.1 Å². The predicted octanol–water partition coefficient (Wildman–Crippen LogP) is 0.753. The van der Waals surface area contributed by atoms with Gasteiger partial charge in [-0.05, 0) is 35.2 Å². The van der Waals surface area contributed by atoms with Crippen molar-refractivity contribution in [2.24, 2.45) is 5.73 Å². The summed E-state index contributed by atoms with van der Waals surface area (Å²) in [7, 11) is -3.99. The van der Waals surface area contributed by atoms with E-state index in [2.05, 4.69) is 10.0 Å². The fourth-order valence-corrected chi connectivity index (χ4v) is 6.26. The van der Waals surface area contributed by atoms with Crippen LogP contribution in [0.25, 0.3) is 0 Å². The number of nitrogens with two attached hydrogens (primary N) is 1. The second kappa shape index (κ2) is 13.6. The maximum absolute atomic E-state index is 13.6. The van der Waals surface area contributed by atoms with E-state index in [1.807, 2.05) is 0 Å². The topological polar surface area (TPSA) is 151 Å². The van der Waals surface area contributed by atoms with E-state index >= 15 is 0 Å². The molecule has 0 aromatic heterocycles. The molecule has 0 radical (unpaired) electrons. The number of rotatable bonds is 11. The number of ether oxygens (including phenoxy) is 1. The lowest BCUT2D eigenvalue weighted by Gasteiger charge is -2.41. The Balaban J connectivity index is 1.45. The molecule has 216 valence electrons. The van der Waals surface area contributed by atoms with E-state index in [-0.39, 0.29) is 43.6 Å². The minimum Gasteiger partial charge on any atom is -0.378 e. The minimum absolute atomic E-state index is 0.174. The predicted molar refractivity (Wildman–Crippen MR) is 149 cm³/mol. The van der Waals surface area contributed by atoms with Crippen LogP contribution in [-0.2, 0) is 48.0 Å². The van der Waals surface area contributed by atoms with Crippen molar-refractivity contribution in [3.05, 3.63) is 70.2 Å². The molecule has 2 aromatic rings. The molecule has 0 bridgehead atoms. The first-order chi connectivity index (χ1) is 19.2. The Kier molecular flexibility index (Phi) is 10.1. The number of benzene rings is 2. The van der Waals surface area contributed by atoms with E-state index in [4.69, 9.17) is 22.1 Å².